The van der Waals surface area contributed by atoms with Crippen molar-refractivity contribution in [2.24, 2.45) is 0 Å². The van der Waals surface area contributed by atoms with Gasteiger partial charge in [-0.25, -0.2) is 9.78 Å². The van der Waals surface area contributed by atoms with E-state index < -0.39 is 0 Å². The number of esters is 1. The molecule has 4 rings (SSSR count). The van der Waals surface area contributed by atoms with Crippen LogP contribution in [0.3, 0.4) is 0 Å². The summed E-state index contributed by atoms with van der Waals surface area (Å²) in [6.45, 7) is 0. The molecule has 0 aliphatic carbocycles. The van der Waals surface area contributed by atoms with Crippen molar-refractivity contribution in [2.45, 2.75) is 6.42 Å². The molecule has 0 N–H and O–H groups in total. The van der Waals surface area contributed by atoms with Crippen molar-refractivity contribution < 1.29 is 9.53 Å². The van der Waals surface area contributed by atoms with Gasteiger partial charge in [0.25, 0.3) is 0 Å². The van der Waals surface area contributed by atoms with E-state index in [0.29, 0.717) is 17.5 Å². The first-order valence-electron chi connectivity index (χ1n) is 8.30. The van der Waals surface area contributed by atoms with Crippen molar-refractivity contribution in [3.63, 3.8) is 0 Å². The van der Waals surface area contributed by atoms with Crippen LogP contribution >= 0.6 is 11.3 Å². The largest absolute Gasteiger partial charge is 0.465 e. The van der Waals surface area contributed by atoms with Gasteiger partial charge in [-0.2, -0.15) is 16.6 Å². The maximum Gasteiger partial charge on any atom is 0.339 e. The second-order valence-electron chi connectivity index (χ2n) is 6.04. The molecule has 0 bridgehead atoms. The normalized spacial score (nSPS) is 10.7. The van der Waals surface area contributed by atoms with Crippen molar-refractivity contribution in [1.82, 2.24) is 9.38 Å². The summed E-state index contributed by atoms with van der Waals surface area (Å²) in [4.78, 5) is 16.7. The number of nitrogens with zero attached hydrogens (tertiary/aromatic N) is 3. The molecule has 0 aliphatic heterocycles. The fourth-order valence-corrected chi connectivity index (χ4v) is 3.69. The molecule has 0 amide bonds. The summed E-state index contributed by atoms with van der Waals surface area (Å²) in [5.41, 5.74) is 5.77. The lowest BCUT2D eigenvalue weighted by Gasteiger charge is -2.06. The molecule has 27 heavy (non-hydrogen) atoms. The molecule has 4 aromatic rings. The smallest absolute Gasteiger partial charge is 0.339 e. The molecular weight excluding hydrogens is 358 g/mol. The maximum atomic E-state index is 11.9. The average Bonchev–Trinajstić information content (AvgIpc) is 3.35. The minimum Gasteiger partial charge on any atom is -0.465 e. The predicted molar refractivity (Wildman–Crippen MR) is 104 cm³/mol. The van der Waals surface area contributed by atoms with E-state index in [4.69, 9.17) is 15.0 Å². The molecule has 0 aliphatic rings. The summed E-state index contributed by atoms with van der Waals surface area (Å²) in [6, 6.07) is 15.1. The van der Waals surface area contributed by atoms with Crippen LogP contribution in [0.2, 0.25) is 0 Å². The highest BCUT2D eigenvalue weighted by Crippen LogP contribution is 2.28. The van der Waals surface area contributed by atoms with E-state index in [-0.39, 0.29) is 5.97 Å². The third kappa shape index (κ3) is 3.21. The Hall–Kier alpha value is -3.43. The van der Waals surface area contributed by atoms with Gasteiger partial charge in [-0.3, -0.25) is 0 Å². The van der Waals surface area contributed by atoms with Crippen molar-refractivity contribution in [3.05, 3.63) is 81.8 Å². The minimum absolute atomic E-state index is 0.382. The van der Waals surface area contributed by atoms with Gasteiger partial charge < -0.3 is 9.14 Å². The number of methoxy groups -OCH3 is 1. The number of thiophene rings is 1. The number of hydrogen-bond donors (Lipinski definition) is 0. The van der Waals surface area contributed by atoms with E-state index in [1.165, 1.54) is 12.7 Å². The third-order valence-electron chi connectivity index (χ3n) is 4.38. The number of ether oxygens (including phenoxy) is 1. The molecule has 5 nitrogen and oxygen atoms in total. The van der Waals surface area contributed by atoms with Crippen LogP contribution in [0.4, 0.5) is 0 Å². The first-order valence-corrected chi connectivity index (χ1v) is 9.25. The SMILES string of the molecule is COC(=O)c1ccc2nc(-c3ccc(C#N)cc3)c(Cc3ccsc3)n2c1. The Kier molecular flexibility index (Phi) is 4.45. The summed E-state index contributed by atoms with van der Waals surface area (Å²) >= 11 is 1.65. The lowest BCUT2D eigenvalue weighted by atomic mass is 10.0. The molecule has 0 saturated heterocycles. The van der Waals surface area contributed by atoms with Crippen LogP contribution in [0.5, 0.6) is 0 Å². The number of pyridine rings is 1. The van der Waals surface area contributed by atoms with Gasteiger partial charge in [0.1, 0.15) is 5.65 Å². The van der Waals surface area contributed by atoms with Crippen LogP contribution < -0.4 is 0 Å². The number of benzene rings is 1. The van der Waals surface area contributed by atoms with Gasteiger partial charge in [-0.15, -0.1) is 0 Å². The number of imidazole rings is 1. The number of nitriles is 1. The summed E-state index contributed by atoms with van der Waals surface area (Å²) < 4.78 is 6.79. The highest BCUT2D eigenvalue weighted by molar-refractivity contribution is 7.07. The second kappa shape index (κ2) is 7.06. The standard InChI is InChI=1S/C21H15N3O2S/c1-26-21(25)17-6-7-19-23-20(16-4-2-14(11-22)3-5-16)18(24(19)12-17)10-15-8-9-27-13-15/h2-9,12-13H,10H2,1H3. The van der Waals surface area contributed by atoms with Crippen LogP contribution in [0.25, 0.3) is 16.9 Å². The predicted octanol–water partition coefficient (Wildman–Crippen LogP) is 4.31. The Labute approximate surface area is 160 Å². The van der Waals surface area contributed by atoms with Crippen molar-refractivity contribution in [1.29, 1.82) is 5.26 Å². The van der Waals surface area contributed by atoms with Crippen molar-refractivity contribution in [2.75, 3.05) is 7.11 Å². The fourth-order valence-electron chi connectivity index (χ4n) is 3.02. The highest BCUT2D eigenvalue weighted by Gasteiger charge is 2.17. The molecule has 0 unspecified atom stereocenters. The highest BCUT2D eigenvalue weighted by atomic mass is 32.1. The second-order valence-corrected chi connectivity index (χ2v) is 6.82. The topological polar surface area (TPSA) is 67.4 Å². The van der Waals surface area contributed by atoms with Crippen molar-refractivity contribution >= 4 is 23.0 Å². The van der Waals surface area contributed by atoms with Crippen molar-refractivity contribution in [3.8, 4) is 17.3 Å². The van der Waals surface area contributed by atoms with Gasteiger partial charge in [-0.1, -0.05) is 12.1 Å². The summed E-state index contributed by atoms with van der Waals surface area (Å²) in [7, 11) is 1.37. The Bertz CT molecular complexity index is 1150. The molecule has 0 radical (unpaired) electrons. The molecule has 0 spiro atoms. The number of fused-ring (bicyclic) bond motifs is 1. The molecule has 3 aromatic heterocycles. The quantitative estimate of drug-likeness (QED) is 0.500. The van der Waals surface area contributed by atoms with Gasteiger partial charge in [0.2, 0.25) is 0 Å². The van der Waals surface area contributed by atoms with E-state index in [9.17, 15) is 4.79 Å². The number of hydrogen-bond acceptors (Lipinski definition) is 5. The first kappa shape index (κ1) is 17.0. The van der Waals surface area contributed by atoms with E-state index in [1.807, 2.05) is 28.0 Å². The van der Waals surface area contributed by atoms with Gasteiger partial charge in [0.05, 0.1) is 35.7 Å². The zero-order chi connectivity index (χ0) is 18.8. The van der Waals surface area contributed by atoms with E-state index in [1.54, 1.807) is 35.7 Å². The van der Waals surface area contributed by atoms with E-state index in [2.05, 4.69) is 17.5 Å². The van der Waals surface area contributed by atoms with Crippen LogP contribution in [-0.4, -0.2) is 22.5 Å². The molecule has 0 saturated carbocycles. The monoisotopic (exact) mass is 373 g/mol. The molecule has 0 fully saturated rings. The number of rotatable bonds is 4. The average molecular weight is 373 g/mol. The van der Waals surface area contributed by atoms with Crippen LogP contribution in [-0.2, 0) is 11.2 Å². The van der Waals surface area contributed by atoms with Crippen LogP contribution in [0.1, 0.15) is 27.2 Å². The van der Waals surface area contributed by atoms with Gasteiger partial charge in [0.15, 0.2) is 0 Å². The van der Waals surface area contributed by atoms with E-state index >= 15 is 0 Å². The summed E-state index contributed by atoms with van der Waals surface area (Å²) in [5.74, 6) is -0.382. The van der Waals surface area contributed by atoms with Gasteiger partial charge in [0, 0.05) is 18.2 Å². The molecule has 1 aromatic carbocycles. The number of carbonyl (C=O) groups excluding carboxylic acids is 1. The third-order valence-corrected chi connectivity index (χ3v) is 5.11. The molecule has 0 atom stereocenters. The zero-order valence-corrected chi connectivity index (χ0v) is 15.4. The summed E-state index contributed by atoms with van der Waals surface area (Å²) in [5, 5.41) is 13.2. The van der Waals surface area contributed by atoms with Gasteiger partial charge in [-0.05, 0) is 46.7 Å². The lowest BCUT2D eigenvalue weighted by molar-refractivity contribution is 0.0600. The van der Waals surface area contributed by atoms with E-state index in [0.717, 1.165) is 22.6 Å². The molecule has 3 heterocycles. The molecular formula is C21H15N3O2S. The first-order chi connectivity index (χ1) is 13.2. The number of carbonyl (C=O) groups is 1. The van der Waals surface area contributed by atoms with Crippen LogP contribution in [0.15, 0.2) is 59.4 Å². The lowest BCUT2D eigenvalue weighted by Crippen LogP contribution is -2.04. The Morgan fingerprint density at radius 3 is 2.70 bits per heavy atom. The number of aromatic nitrogens is 2. The zero-order valence-electron chi connectivity index (χ0n) is 14.5. The Morgan fingerprint density at radius 1 is 1.22 bits per heavy atom. The maximum absolute atomic E-state index is 11.9. The van der Waals surface area contributed by atoms with Crippen LogP contribution in [0, 0.1) is 11.3 Å². The Morgan fingerprint density at radius 2 is 2.04 bits per heavy atom. The Balaban J connectivity index is 1.90. The van der Waals surface area contributed by atoms with Gasteiger partial charge >= 0.3 is 5.97 Å². The molecule has 132 valence electrons. The summed E-state index contributed by atoms with van der Waals surface area (Å²) in [6.07, 6.45) is 2.45. The fraction of sp³-hybridized carbons (Fsp3) is 0.0952. The minimum atomic E-state index is -0.382. The molecule has 6 heteroatoms.